The normalized spacial score (nSPS) is 56.1. The number of carbonyl (C=O) groups excluding carboxylic acids is 5. The first-order chi connectivity index (χ1) is 21.2. The van der Waals surface area contributed by atoms with Gasteiger partial charge in [0.15, 0.2) is 11.7 Å². The number of esters is 3. The van der Waals surface area contributed by atoms with E-state index in [0.29, 0.717) is 0 Å². The molecule has 7 rings (SSSR count). The Labute approximate surface area is 265 Å². The fraction of sp³-hybridized carbons (Fsp3) is 0.788. The first kappa shape index (κ1) is 31.9. The zero-order valence-corrected chi connectivity index (χ0v) is 26.9. The molecule has 2 aliphatic heterocycles. The number of Topliss-reactive ketones (excluding diaryl/α,β-unsaturated/α-hetero) is 2. The number of epoxide rings is 1. The van der Waals surface area contributed by atoms with Crippen LogP contribution in [-0.4, -0.2) is 97.7 Å². The van der Waals surface area contributed by atoms with Crippen molar-refractivity contribution in [1.82, 2.24) is 0 Å². The third-order valence-electron chi connectivity index (χ3n) is 13.8. The number of hydrogen-bond acceptors (Lipinski definition) is 13. The van der Waals surface area contributed by atoms with E-state index in [4.69, 9.17) is 18.9 Å². The summed E-state index contributed by atoms with van der Waals surface area (Å²) >= 11 is 0. The Hall–Kier alpha value is -2.71. The second kappa shape index (κ2) is 9.25. The Kier molecular flexibility index (Phi) is 6.41. The van der Waals surface area contributed by atoms with Crippen molar-refractivity contribution >= 4 is 29.5 Å². The number of carbonyl (C=O) groups is 5. The van der Waals surface area contributed by atoms with Gasteiger partial charge < -0.3 is 39.4 Å². The van der Waals surface area contributed by atoms with E-state index in [2.05, 4.69) is 0 Å². The van der Waals surface area contributed by atoms with Crippen molar-refractivity contribution < 1.29 is 63.3 Å². The number of ether oxygens (including phenoxy) is 4. The molecule has 0 amide bonds. The molecule has 0 aromatic carbocycles. The van der Waals surface area contributed by atoms with Crippen molar-refractivity contribution in [2.45, 2.75) is 109 Å². The van der Waals surface area contributed by atoms with Crippen LogP contribution in [0.5, 0.6) is 0 Å². The van der Waals surface area contributed by atoms with Crippen LogP contribution in [0.25, 0.3) is 0 Å². The molecule has 1 unspecified atom stereocenters. The molecule has 0 bridgehead atoms. The molecule has 0 spiro atoms. The summed E-state index contributed by atoms with van der Waals surface area (Å²) in [5, 5.41) is 48.1. The summed E-state index contributed by atoms with van der Waals surface area (Å²) < 4.78 is 23.1. The Morgan fingerprint density at radius 3 is 2.17 bits per heavy atom. The Morgan fingerprint density at radius 2 is 1.59 bits per heavy atom. The van der Waals surface area contributed by atoms with Gasteiger partial charge >= 0.3 is 17.9 Å². The maximum atomic E-state index is 14.6. The molecule has 5 aliphatic carbocycles. The van der Waals surface area contributed by atoms with E-state index in [1.165, 1.54) is 20.8 Å². The molecule has 0 aromatic heterocycles. The molecule has 0 radical (unpaired) electrons. The van der Waals surface area contributed by atoms with E-state index in [1.54, 1.807) is 26.8 Å². The molecule has 17 atom stereocenters. The lowest BCUT2D eigenvalue weighted by Crippen LogP contribution is -2.77. The molecule has 6 fully saturated rings. The molecule has 2 heterocycles. The molecule has 0 aromatic rings. The van der Waals surface area contributed by atoms with Crippen LogP contribution in [0.4, 0.5) is 0 Å². The Morgan fingerprint density at radius 1 is 0.957 bits per heavy atom. The summed E-state index contributed by atoms with van der Waals surface area (Å²) in [6, 6.07) is 0. The van der Waals surface area contributed by atoms with E-state index in [0.717, 1.165) is 6.92 Å². The molecule has 13 heteroatoms. The van der Waals surface area contributed by atoms with Gasteiger partial charge in [-0.2, -0.15) is 0 Å². The summed E-state index contributed by atoms with van der Waals surface area (Å²) in [5.41, 5.74) is -9.26. The topological polar surface area (TPSA) is 206 Å². The second-order valence-electron chi connectivity index (χ2n) is 15.5. The lowest BCUT2D eigenvalue weighted by atomic mass is 9.40. The standard InChI is InChI=1S/C33H42O13/c1-11-8-18-30(6,31(7,41)28(40)46-18)22-20(11)33(12(2)34)17(37)9-15-19(21(33)25(22)44-14(4)36)24(43-13(3)35)27(39)32(42)10-16-23(45-16)26(38)29(15,32)5/h8,11,15-17,19-26,37-38,41-42H,9-10H2,1-7H3/t11-,15+,16+,17+,19-,20+,21-,22+,23+,24-,25-,26+,29+,30+,31?,32+,33-/m1/s1. The van der Waals surface area contributed by atoms with Crippen LogP contribution in [0.15, 0.2) is 11.8 Å². The largest absolute Gasteiger partial charge is 0.462 e. The SMILES string of the molecule is CC(=O)O[C@@H]1[C@H]2[C@@H]3[C@@H](OC(C)=O)C(=O)[C@@]4(O)C[C@@H]5O[C@@H]5[C@H](O)[C@]4(C)[C@H]3C[C@H](O)[C@]2(C(C)=O)[C@@H]2[C@@H]1[C@]1(C)C(=C[C@H]2C)OC(=O)C1(C)O. The van der Waals surface area contributed by atoms with Crippen molar-refractivity contribution in [3.8, 4) is 0 Å². The molecule has 4 N–H and O–H groups in total. The molecular formula is C33H42O13. The minimum atomic E-state index is -2.22. The van der Waals surface area contributed by atoms with E-state index >= 15 is 0 Å². The predicted molar refractivity (Wildman–Crippen MR) is 152 cm³/mol. The average molecular weight is 647 g/mol. The summed E-state index contributed by atoms with van der Waals surface area (Å²) in [6.07, 6.45) is -5.70. The minimum Gasteiger partial charge on any atom is -0.462 e. The monoisotopic (exact) mass is 646 g/mol. The van der Waals surface area contributed by atoms with Gasteiger partial charge in [-0.15, -0.1) is 0 Å². The molecule has 46 heavy (non-hydrogen) atoms. The van der Waals surface area contributed by atoms with Gasteiger partial charge in [0, 0.05) is 43.4 Å². The highest BCUT2D eigenvalue weighted by atomic mass is 16.6. The number of rotatable bonds is 3. The average Bonchev–Trinajstić information content (AvgIpc) is 3.60. The van der Waals surface area contributed by atoms with Crippen LogP contribution in [0.1, 0.15) is 61.3 Å². The zero-order chi connectivity index (χ0) is 33.8. The van der Waals surface area contributed by atoms with Gasteiger partial charge in [0.05, 0.1) is 29.1 Å². The number of aliphatic hydroxyl groups is 4. The second-order valence-corrected chi connectivity index (χ2v) is 15.5. The molecular weight excluding hydrogens is 604 g/mol. The van der Waals surface area contributed by atoms with Crippen molar-refractivity contribution in [1.29, 1.82) is 0 Å². The van der Waals surface area contributed by atoms with E-state index in [-0.39, 0.29) is 18.6 Å². The molecule has 13 nitrogen and oxygen atoms in total. The zero-order valence-electron chi connectivity index (χ0n) is 26.9. The van der Waals surface area contributed by atoms with Crippen LogP contribution in [-0.2, 0) is 42.9 Å². The predicted octanol–water partition coefficient (Wildman–Crippen LogP) is -0.0158. The highest BCUT2D eigenvalue weighted by Gasteiger charge is 2.85. The van der Waals surface area contributed by atoms with Crippen molar-refractivity contribution in [3.63, 3.8) is 0 Å². The number of fused-ring (bicyclic) bond motifs is 10. The smallest absolute Gasteiger partial charge is 0.343 e. The molecule has 252 valence electrons. The van der Waals surface area contributed by atoms with Crippen LogP contribution < -0.4 is 0 Å². The summed E-state index contributed by atoms with van der Waals surface area (Å²) in [5.74, 6) is -9.40. The number of allylic oxidation sites excluding steroid dienone is 1. The number of ketones is 2. The maximum absolute atomic E-state index is 14.6. The van der Waals surface area contributed by atoms with Gasteiger partial charge in [-0.3, -0.25) is 19.2 Å². The lowest BCUT2D eigenvalue weighted by Gasteiger charge is -2.65. The van der Waals surface area contributed by atoms with E-state index in [9.17, 15) is 44.4 Å². The van der Waals surface area contributed by atoms with Gasteiger partial charge in [-0.05, 0) is 51.0 Å². The van der Waals surface area contributed by atoms with Crippen molar-refractivity contribution in [2.75, 3.05) is 0 Å². The first-order valence-electron chi connectivity index (χ1n) is 16.0. The molecule has 2 saturated heterocycles. The third-order valence-corrected chi connectivity index (χ3v) is 13.8. The van der Waals surface area contributed by atoms with Crippen molar-refractivity contribution in [3.05, 3.63) is 11.8 Å². The third kappa shape index (κ3) is 3.31. The van der Waals surface area contributed by atoms with Gasteiger partial charge in [-0.25, -0.2) is 4.79 Å². The summed E-state index contributed by atoms with van der Waals surface area (Å²) in [7, 11) is 0. The van der Waals surface area contributed by atoms with E-state index in [1.807, 2.05) is 0 Å². The van der Waals surface area contributed by atoms with Crippen LogP contribution in [0.2, 0.25) is 0 Å². The summed E-state index contributed by atoms with van der Waals surface area (Å²) in [4.78, 5) is 67.6. The van der Waals surface area contributed by atoms with Gasteiger partial charge in [0.2, 0.25) is 5.78 Å². The van der Waals surface area contributed by atoms with Crippen LogP contribution in [0.3, 0.4) is 0 Å². The highest BCUT2D eigenvalue weighted by Crippen LogP contribution is 2.76. The van der Waals surface area contributed by atoms with Gasteiger partial charge in [-0.1, -0.05) is 13.8 Å². The van der Waals surface area contributed by atoms with Crippen LogP contribution >= 0.6 is 0 Å². The maximum Gasteiger partial charge on any atom is 0.343 e. The number of hydrogen-bond donors (Lipinski definition) is 4. The van der Waals surface area contributed by atoms with Gasteiger partial charge in [0.1, 0.15) is 29.4 Å². The highest BCUT2D eigenvalue weighted by molar-refractivity contribution is 5.96. The first-order valence-corrected chi connectivity index (χ1v) is 16.0. The van der Waals surface area contributed by atoms with Crippen molar-refractivity contribution in [2.24, 2.45) is 51.8 Å². The Bertz CT molecular complexity index is 1500. The van der Waals surface area contributed by atoms with Crippen LogP contribution in [0, 0.1) is 51.8 Å². The minimum absolute atomic E-state index is 0.147. The molecule has 7 aliphatic rings. The lowest BCUT2D eigenvalue weighted by molar-refractivity contribution is -0.264. The van der Waals surface area contributed by atoms with Gasteiger partial charge in [0.25, 0.3) is 0 Å². The fourth-order valence-electron chi connectivity index (χ4n) is 11.7. The Balaban J connectivity index is 1.52. The summed E-state index contributed by atoms with van der Waals surface area (Å²) in [6.45, 7) is 9.84. The fourth-order valence-corrected chi connectivity index (χ4v) is 11.7. The van der Waals surface area contributed by atoms with E-state index < -0.39 is 129 Å². The quantitative estimate of drug-likeness (QED) is 0.181. The number of aliphatic hydroxyl groups excluding tert-OH is 2. The molecule has 4 saturated carbocycles.